The Morgan fingerprint density at radius 3 is 1.36 bits per heavy atom. The van der Waals surface area contributed by atoms with Crippen molar-refractivity contribution in [1.82, 2.24) is 18.6 Å². The molecular formula is C34H38Cl2N6O4S4. The molecule has 2 fully saturated rings. The topological polar surface area (TPSA) is 125 Å². The smallest absolute Gasteiger partial charge is 0.272 e. The van der Waals surface area contributed by atoms with Crippen LogP contribution in [0.1, 0.15) is 64.2 Å². The Morgan fingerprint density at radius 2 is 0.980 bits per heavy atom. The zero-order valence-electron chi connectivity index (χ0n) is 27.2. The van der Waals surface area contributed by atoms with E-state index in [-0.39, 0.29) is 34.1 Å². The van der Waals surface area contributed by atoms with Crippen LogP contribution in [0, 0.1) is 0 Å². The van der Waals surface area contributed by atoms with Crippen LogP contribution in [0.2, 0.25) is 10.0 Å². The van der Waals surface area contributed by atoms with Gasteiger partial charge in [-0.25, -0.2) is 26.8 Å². The van der Waals surface area contributed by atoms with Crippen LogP contribution in [-0.2, 0) is 20.0 Å². The molecule has 0 bridgehead atoms. The molecule has 10 nitrogen and oxygen atoms in total. The fourth-order valence-electron chi connectivity index (χ4n) is 6.78. The van der Waals surface area contributed by atoms with Crippen molar-refractivity contribution in [2.75, 3.05) is 24.0 Å². The number of benzene rings is 3. The molecule has 2 aromatic heterocycles. The molecule has 266 valence electrons. The minimum absolute atomic E-state index is 0.0637. The molecule has 0 unspecified atom stereocenters. The summed E-state index contributed by atoms with van der Waals surface area (Å²) >= 11 is 14.6. The summed E-state index contributed by atoms with van der Waals surface area (Å²) < 4.78 is 60.9. The van der Waals surface area contributed by atoms with Crippen LogP contribution < -0.4 is 10.6 Å². The number of hydrogen-bond donors (Lipinski definition) is 2. The third-order valence-corrected chi connectivity index (χ3v) is 16.5. The highest BCUT2D eigenvalue weighted by Crippen LogP contribution is 2.35. The van der Waals surface area contributed by atoms with Crippen molar-refractivity contribution in [3.63, 3.8) is 0 Å². The van der Waals surface area contributed by atoms with Gasteiger partial charge < -0.3 is 10.6 Å². The standard InChI is InChI=1S/C34H38Cl2N6O4S4/c35-23-11-17-31-29(19-23)39-33(47-31)49(43,44)41(27-7-3-1-4-8-27)21-37-25-13-15-26(16-14-25)38-22-42(28-9-5-2-6-10-28)50(45,46)34-40-30-20-24(36)12-18-32(30)48-34/h11-20,27-28,37-38H,1-10,21-22H2. The van der Waals surface area contributed by atoms with Gasteiger partial charge in [-0.15, -0.1) is 22.7 Å². The average molecular weight is 794 g/mol. The van der Waals surface area contributed by atoms with E-state index < -0.39 is 20.0 Å². The highest BCUT2D eigenvalue weighted by atomic mass is 35.5. The van der Waals surface area contributed by atoms with Crippen LogP contribution in [0.15, 0.2) is 69.3 Å². The number of aromatic nitrogens is 2. The fraction of sp³-hybridized carbons (Fsp3) is 0.412. The highest BCUT2D eigenvalue weighted by Gasteiger charge is 2.36. The Bertz CT molecular complexity index is 2030. The summed E-state index contributed by atoms with van der Waals surface area (Å²) in [4.78, 5) is 8.92. The highest BCUT2D eigenvalue weighted by molar-refractivity contribution is 7.91. The molecule has 2 heterocycles. The first kappa shape index (κ1) is 35.8. The number of halogens is 2. The molecule has 3 aromatic carbocycles. The second-order valence-corrected chi connectivity index (χ2v) is 19.9. The zero-order valence-corrected chi connectivity index (χ0v) is 32.0. The third-order valence-electron chi connectivity index (χ3n) is 9.45. The molecule has 0 saturated heterocycles. The molecular weight excluding hydrogens is 756 g/mol. The summed E-state index contributed by atoms with van der Waals surface area (Å²) in [5, 5.41) is 7.66. The van der Waals surface area contributed by atoms with E-state index in [1.165, 1.54) is 0 Å². The maximum Gasteiger partial charge on any atom is 0.272 e. The molecule has 0 radical (unpaired) electrons. The Balaban J connectivity index is 1.06. The van der Waals surface area contributed by atoms with Crippen molar-refractivity contribution in [2.45, 2.75) is 85.0 Å². The lowest BCUT2D eigenvalue weighted by molar-refractivity contribution is 0.263. The van der Waals surface area contributed by atoms with Crippen LogP contribution in [-0.4, -0.2) is 60.8 Å². The first-order valence-electron chi connectivity index (χ1n) is 16.8. The van der Waals surface area contributed by atoms with E-state index in [0.717, 1.165) is 108 Å². The normalized spacial score (nSPS) is 16.9. The number of hydrogen-bond acceptors (Lipinski definition) is 10. The molecule has 0 spiro atoms. The van der Waals surface area contributed by atoms with Crippen LogP contribution in [0.3, 0.4) is 0 Å². The maximum atomic E-state index is 14.0. The van der Waals surface area contributed by atoms with Crippen molar-refractivity contribution in [2.24, 2.45) is 0 Å². The van der Waals surface area contributed by atoms with E-state index in [0.29, 0.717) is 21.1 Å². The quantitative estimate of drug-likeness (QED) is 0.120. The van der Waals surface area contributed by atoms with E-state index in [9.17, 15) is 16.8 Å². The minimum Gasteiger partial charge on any atom is -0.371 e. The molecule has 5 aromatic rings. The molecule has 0 atom stereocenters. The lowest BCUT2D eigenvalue weighted by Crippen LogP contribution is -2.44. The SMILES string of the molecule is O=S(=O)(c1nc2cc(Cl)ccc2s1)N(CNc1ccc(NCN(C2CCCCC2)S(=O)(=O)c2nc3cc(Cl)ccc3s2)cc1)C1CCCCC1. The Labute approximate surface area is 310 Å². The summed E-state index contributed by atoms with van der Waals surface area (Å²) in [5.41, 5.74) is 2.63. The number of rotatable bonds is 12. The summed E-state index contributed by atoms with van der Waals surface area (Å²) in [6.45, 7) is 0.190. The monoisotopic (exact) mass is 792 g/mol. The number of sulfonamides is 2. The summed E-state index contributed by atoms with van der Waals surface area (Å²) in [7, 11) is -7.76. The average Bonchev–Trinajstić information content (AvgIpc) is 3.75. The molecule has 2 saturated carbocycles. The van der Waals surface area contributed by atoms with Gasteiger partial charge in [0.15, 0.2) is 0 Å². The van der Waals surface area contributed by atoms with Crippen molar-refractivity contribution in [1.29, 1.82) is 0 Å². The summed E-state index contributed by atoms with van der Waals surface area (Å²) in [6, 6.07) is 17.7. The van der Waals surface area contributed by atoms with Crippen molar-refractivity contribution in [3.8, 4) is 0 Å². The molecule has 16 heteroatoms. The van der Waals surface area contributed by atoms with Gasteiger partial charge in [0.05, 0.1) is 33.8 Å². The van der Waals surface area contributed by atoms with Crippen molar-refractivity contribution in [3.05, 3.63) is 70.7 Å². The molecule has 2 aliphatic rings. The predicted octanol–water partition coefficient (Wildman–Crippen LogP) is 9.00. The van der Waals surface area contributed by atoms with Gasteiger partial charge in [-0.1, -0.05) is 61.7 Å². The van der Waals surface area contributed by atoms with Crippen molar-refractivity contribution >= 4 is 97.7 Å². The Kier molecular flexibility index (Phi) is 10.9. The lowest BCUT2D eigenvalue weighted by atomic mass is 9.96. The van der Waals surface area contributed by atoms with Gasteiger partial charge >= 0.3 is 0 Å². The van der Waals surface area contributed by atoms with Gasteiger partial charge in [0.2, 0.25) is 8.68 Å². The third kappa shape index (κ3) is 7.77. The fourth-order valence-corrected chi connectivity index (χ4v) is 12.9. The van der Waals surface area contributed by atoms with Gasteiger partial charge in [0.1, 0.15) is 0 Å². The lowest BCUT2D eigenvalue weighted by Gasteiger charge is -2.33. The molecule has 7 rings (SSSR count). The first-order chi connectivity index (χ1) is 24.1. The van der Waals surface area contributed by atoms with Gasteiger partial charge in [0, 0.05) is 33.5 Å². The van der Waals surface area contributed by atoms with Gasteiger partial charge in [-0.05, 0) is 86.3 Å². The number of thiazole rings is 2. The van der Waals surface area contributed by atoms with Crippen LogP contribution in [0.4, 0.5) is 11.4 Å². The van der Waals surface area contributed by atoms with Gasteiger partial charge in [-0.2, -0.15) is 8.61 Å². The largest absolute Gasteiger partial charge is 0.371 e. The van der Waals surface area contributed by atoms with E-state index in [1.807, 2.05) is 24.3 Å². The summed E-state index contributed by atoms with van der Waals surface area (Å²) in [5.74, 6) is 0. The van der Waals surface area contributed by atoms with Crippen molar-refractivity contribution < 1.29 is 16.8 Å². The minimum atomic E-state index is -3.88. The molecule has 50 heavy (non-hydrogen) atoms. The molecule has 0 amide bonds. The number of nitrogens with one attached hydrogen (secondary N) is 2. The van der Waals surface area contributed by atoms with Crippen LogP contribution >= 0.6 is 45.9 Å². The van der Waals surface area contributed by atoms with E-state index >= 15 is 0 Å². The van der Waals surface area contributed by atoms with Crippen LogP contribution in [0.5, 0.6) is 0 Å². The molecule has 0 aliphatic heterocycles. The number of fused-ring (bicyclic) bond motifs is 2. The Morgan fingerprint density at radius 1 is 0.600 bits per heavy atom. The predicted molar refractivity (Wildman–Crippen MR) is 204 cm³/mol. The number of nitrogens with zero attached hydrogens (tertiary/aromatic N) is 4. The Hall–Kier alpha value is -2.56. The van der Waals surface area contributed by atoms with Gasteiger partial charge in [-0.3, -0.25) is 0 Å². The molecule has 2 aliphatic carbocycles. The summed E-state index contributed by atoms with van der Waals surface area (Å²) in [6.07, 6.45) is 9.30. The van der Waals surface area contributed by atoms with E-state index in [4.69, 9.17) is 23.2 Å². The van der Waals surface area contributed by atoms with Gasteiger partial charge in [0.25, 0.3) is 20.0 Å². The van der Waals surface area contributed by atoms with E-state index in [1.54, 1.807) is 45.0 Å². The first-order valence-corrected chi connectivity index (χ1v) is 22.1. The second-order valence-electron chi connectivity index (χ2n) is 12.8. The maximum absolute atomic E-state index is 14.0. The second kappa shape index (κ2) is 15.2. The van der Waals surface area contributed by atoms with E-state index in [2.05, 4.69) is 20.6 Å². The number of anilines is 2. The zero-order chi connectivity index (χ0) is 34.9. The van der Waals surface area contributed by atoms with Crippen LogP contribution in [0.25, 0.3) is 20.4 Å². The molecule has 2 N–H and O–H groups in total.